The van der Waals surface area contributed by atoms with Gasteiger partial charge in [-0.15, -0.1) is 0 Å². The Morgan fingerprint density at radius 1 is 0.976 bits per heavy atom. The van der Waals surface area contributed by atoms with Crippen LogP contribution in [-0.4, -0.2) is 78.4 Å². The van der Waals surface area contributed by atoms with E-state index in [2.05, 4.69) is 21.3 Å². The molecule has 12 nitrogen and oxygen atoms in total. The topological polar surface area (TPSA) is 161 Å². The van der Waals surface area contributed by atoms with Crippen molar-refractivity contribution < 1.29 is 38.2 Å². The van der Waals surface area contributed by atoms with Crippen LogP contribution in [0.2, 0.25) is 0 Å². The van der Waals surface area contributed by atoms with E-state index >= 15 is 0 Å². The van der Waals surface area contributed by atoms with E-state index in [4.69, 9.17) is 14.2 Å². The Balaban J connectivity index is 3.20. The molecule has 4 amide bonds. The number of hydrogen-bond donors (Lipinski definition) is 4. The molecule has 12 heteroatoms. The normalized spacial score (nSPS) is 18.5. The highest BCUT2D eigenvalue weighted by Gasteiger charge is 2.35. The number of carbonyl (C=O) groups excluding carboxylic acids is 5. The van der Waals surface area contributed by atoms with Crippen LogP contribution in [0.4, 0.5) is 4.79 Å². The smallest absolute Gasteiger partial charge is 0.408 e. The maximum atomic E-state index is 13.6. The Labute approximate surface area is 250 Å². The van der Waals surface area contributed by atoms with Gasteiger partial charge >= 0.3 is 12.1 Å². The van der Waals surface area contributed by atoms with E-state index < -0.39 is 59.3 Å². The van der Waals surface area contributed by atoms with Gasteiger partial charge in [-0.25, -0.2) is 9.59 Å². The molecule has 1 aliphatic heterocycles. The summed E-state index contributed by atoms with van der Waals surface area (Å²) in [6, 6.07) is -2.80. The molecule has 0 aromatic carbocycles. The SMILES string of the molecule is CCOC(=O)/C=C/[C@H](C[C@@H]1CCNC1=O)NC(=O)[C@H](CC(C)C)NC(=O)[C@@H](NC(=O)OC(C)(C)C)C(C)OC(C)(C)C. The van der Waals surface area contributed by atoms with Crippen LogP contribution in [0.1, 0.15) is 88.5 Å². The molecule has 1 unspecified atom stereocenters. The summed E-state index contributed by atoms with van der Waals surface area (Å²) in [7, 11) is 0. The zero-order valence-electron chi connectivity index (χ0n) is 26.9. The summed E-state index contributed by atoms with van der Waals surface area (Å²) in [5.41, 5.74) is -1.41. The van der Waals surface area contributed by atoms with Gasteiger partial charge in [0.25, 0.3) is 0 Å². The quantitative estimate of drug-likeness (QED) is 0.176. The van der Waals surface area contributed by atoms with Crippen LogP contribution >= 0.6 is 0 Å². The third-order valence-corrected chi connectivity index (χ3v) is 6.08. The minimum absolute atomic E-state index is 0.0238. The number of nitrogens with one attached hydrogen (secondary N) is 4. The molecule has 1 heterocycles. The molecule has 0 aromatic rings. The number of hydrogen-bond acceptors (Lipinski definition) is 8. The highest BCUT2D eigenvalue weighted by atomic mass is 16.6. The zero-order valence-corrected chi connectivity index (χ0v) is 26.9. The van der Waals surface area contributed by atoms with Crippen molar-refractivity contribution in [2.75, 3.05) is 13.2 Å². The van der Waals surface area contributed by atoms with Crippen LogP contribution in [0.3, 0.4) is 0 Å². The van der Waals surface area contributed by atoms with Crippen molar-refractivity contribution in [1.29, 1.82) is 0 Å². The fraction of sp³-hybridized carbons (Fsp3) is 0.767. The molecule has 0 aliphatic carbocycles. The molecule has 0 saturated carbocycles. The second-order valence-corrected chi connectivity index (χ2v) is 13.0. The second kappa shape index (κ2) is 16.5. The lowest BCUT2D eigenvalue weighted by atomic mass is 9.96. The van der Waals surface area contributed by atoms with Crippen LogP contribution in [0, 0.1) is 11.8 Å². The maximum Gasteiger partial charge on any atom is 0.408 e. The summed E-state index contributed by atoms with van der Waals surface area (Å²) >= 11 is 0. The van der Waals surface area contributed by atoms with Crippen LogP contribution in [-0.2, 0) is 33.4 Å². The average molecular weight is 597 g/mol. The Morgan fingerprint density at radius 3 is 2.12 bits per heavy atom. The standard InChI is InChI=1S/C30H52N4O8/c1-11-40-23(35)13-12-21(17-20-14-15-31-25(20)36)32-26(37)22(16-18(2)3)33-27(38)24(19(4)41-29(5,6)7)34-28(39)42-30(8,9)10/h12-13,18-22,24H,11,14-17H2,1-10H3,(H,31,36)(H,32,37)(H,33,38)(H,34,39)/b13-12+/t19?,20-,21+,22-,24-/m0/s1. The fourth-order valence-electron chi connectivity index (χ4n) is 4.45. The van der Waals surface area contributed by atoms with E-state index in [-0.39, 0.29) is 30.8 Å². The molecule has 0 spiro atoms. The first-order chi connectivity index (χ1) is 19.3. The number of carbonyl (C=O) groups is 5. The van der Waals surface area contributed by atoms with Gasteiger partial charge in [-0.3, -0.25) is 14.4 Å². The molecule has 42 heavy (non-hydrogen) atoms. The van der Waals surface area contributed by atoms with Gasteiger partial charge in [-0.2, -0.15) is 0 Å². The van der Waals surface area contributed by atoms with Crippen molar-refractivity contribution in [2.45, 2.75) is 124 Å². The van der Waals surface area contributed by atoms with E-state index in [1.807, 2.05) is 34.6 Å². The monoisotopic (exact) mass is 596 g/mol. The van der Waals surface area contributed by atoms with Crippen LogP contribution < -0.4 is 21.3 Å². The lowest BCUT2D eigenvalue weighted by Gasteiger charge is -2.32. The van der Waals surface area contributed by atoms with E-state index in [1.165, 1.54) is 12.2 Å². The number of rotatable bonds is 14. The first-order valence-corrected chi connectivity index (χ1v) is 14.7. The third-order valence-electron chi connectivity index (χ3n) is 6.08. The van der Waals surface area contributed by atoms with Gasteiger partial charge in [0, 0.05) is 24.6 Å². The van der Waals surface area contributed by atoms with Gasteiger partial charge < -0.3 is 35.5 Å². The summed E-state index contributed by atoms with van der Waals surface area (Å²) < 4.78 is 16.3. The van der Waals surface area contributed by atoms with Gasteiger partial charge in [0.05, 0.1) is 18.3 Å². The first kappa shape index (κ1) is 36.9. The summed E-state index contributed by atoms with van der Waals surface area (Å²) in [6.07, 6.45) is 2.34. The molecule has 5 atom stereocenters. The summed E-state index contributed by atoms with van der Waals surface area (Å²) in [5.74, 6) is -2.10. The highest BCUT2D eigenvalue weighted by molar-refractivity contribution is 5.92. The Hall–Kier alpha value is -3.15. The molecule has 1 rings (SSSR count). The van der Waals surface area contributed by atoms with Crippen molar-refractivity contribution in [2.24, 2.45) is 11.8 Å². The van der Waals surface area contributed by atoms with Crippen molar-refractivity contribution in [1.82, 2.24) is 21.3 Å². The van der Waals surface area contributed by atoms with Gasteiger partial charge in [-0.05, 0) is 80.6 Å². The Kier molecular flexibility index (Phi) is 14.5. The molecule has 240 valence electrons. The minimum Gasteiger partial charge on any atom is -0.463 e. The number of amides is 4. The average Bonchev–Trinajstić information content (AvgIpc) is 3.22. The highest BCUT2D eigenvalue weighted by Crippen LogP contribution is 2.18. The number of ether oxygens (including phenoxy) is 3. The lowest BCUT2D eigenvalue weighted by molar-refractivity contribution is -0.137. The zero-order chi connectivity index (χ0) is 32.3. The molecular weight excluding hydrogens is 544 g/mol. The van der Waals surface area contributed by atoms with E-state index in [1.54, 1.807) is 34.6 Å². The molecule has 1 aliphatic rings. The van der Waals surface area contributed by atoms with Crippen molar-refractivity contribution in [3.05, 3.63) is 12.2 Å². The lowest BCUT2D eigenvalue weighted by Crippen LogP contribution is -2.59. The third kappa shape index (κ3) is 14.7. The number of esters is 1. The predicted molar refractivity (Wildman–Crippen MR) is 158 cm³/mol. The fourth-order valence-corrected chi connectivity index (χ4v) is 4.45. The Morgan fingerprint density at radius 2 is 1.62 bits per heavy atom. The van der Waals surface area contributed by atoms with E-state index in [0.717, 1.165) is 0 Å². The van der Waals surface area contributed by atoms with Crippen LogP contribution in [0.15, 0.2) is 12.2 Å². The van der Waals surface area contributed by atoms with Gasteiger partial charge in [0.1, 0.15) is 17.7 Å². The van der Waals surface area contributed by atoms with Crippen LogP contribution in [0.5, 0.6) is 0 Å². The van der Waals surface area contributed by atoms with Crippen molar-refractivity contribution in [3.63, 3.8) is 0 Å². The first-order valence-electron chi connectivity index (χ1n) is 14.7. The molecular formula is C30H52N4O8. The summed E-state index contributed by atoms with van der Waals surface area (Å²) in [6.45, 7) is 18.5. The molecule has 0 radical (unpaired) electrons. The molecule has 1 saturated heterocycles. The summed E-state index contributed by atoms with van der Waals surface area (Å²) in [4.78, 5) is 64.0. The molecule has 0 bridgehead atoms. The van der Waals surface area contributed by atoms with Gasteiger partial charge in [0.2, 0.25) is 17.7 Å². The molecule has 0 aromatic heterocycles. The molecule has 4 N–H and O–H groups in total. The van der Waals surface area contributed by atoms with E-state index in [0.29, 0.717) is 19.4 Å². The predicted octanol–water partition coefficient (Wildman–Crippen LogP) is 2.74. The Bertz CT molecular complexity index is 967. The van der Waals surface area contributed by atoms with Crippen LogP contribution in [0.25, 0.3) is 0 Å². The van der Waals surface area contributed by atoms with Gasteiger partial charge in [0.15, 0.2) is 0 Å². The number of alkyl carbamates (subject to hydrolysis) is 1. The van der Waals surface area contributed by atoms with Gasteiger partial charge in [-0.1, -0.05) is 19.9 Å². The second-order valence-electron chi connectivity index (χ2n) is 13.0. The summed E-state index contributed by atoms with van der Waals surface area (Å²) in [5, 5.41) is 11.0. The minimum atomic E-state index is -1.16. The van der Waals surface area contributed by atoms with Crippen molar-refractivity contribution in [3.8, 4) is 0 Å². The maximum absolute atomic E-state index is 13.6. The van der Waals surface area contributed by atoms with Crippen molar-refractivity contribution >= 4 is 29.8 Å². The largest absolute Gasteiger partial charge is 0.463 e. The van der Waals surface area contributed by atoms with E-state index in [9.17, 15) is 24.0 Å². The molecule has 1 fully saturated rings.